The van der Waals surface area contributed by atoms with E-state index >= 15 is 0 Å². The minimum atomic E-state index is -2.74. The molecule has 184 valence electrons. The summed E-state index contributed by atoms with van der Waals surface area (Å²) in [5.41, 5.74) is 2.83. The first-order valence-corrected chi connectivity index (χ1v) is 15.0. The molecule has 2 bridgehead atoms. The summed E-state index contributed by atoms with van der Waals surface area (Å²) in [4.78, 5) is 12.5. The van der Waals surface area contributed by atoms with Gasteiger partial charge in [-0.25, -0.2) is 0 Å². The van der Waals surface area contributed by atoms with Gasteiger partial charge in [0.2, 0.25) is 0 Å². The molecule has 0 aromatic heterocycles. The normalized spacial score (nSPS) is 36.4. The summed E-state index contributed by atoms with van der Waals surface area (Å²) in [6, 6.07) is 1.80. The van der Waals surface area contributed by atoms with Crippen molar-refractivity contribution in [2.45, 2.75) is 82.5 Å². The zero-order chi connectivity index (χ0) is 24.3. The van der Waals surface area contributed by atoms with E-state index in [9.17, 15) is 14.5 Å². The van der Waals surface area contributed by atoms with E-state index in [0.29, 0.717) is 24.0 Å². The van der Waals surface area contributed by atoms with Crippen molar-refractivity contribution in [3.63, 3.8) is 0 Å². The number of carbonyl (C=O) groups excluding carboxylic acids is 1. The van der Waals surface area contributed by atoms with Crippen LogP contribution in [-0.4, -0.2) is 42.2 Å². The fourth-order valence-corrected chi connectivity index (χ4v) is 8.49. The number of hydrogen-bond acceptors (Lipinski definition) is 6. The van der Waals surface area contributed by atoms with Gasteiger partial charge >= 0.3 is 5.97 Å². The summed E-state index contributed by atoms with van der Waals surface area (Å²) < 4.78 is 30.8. The molecule has 6 atom stereocenters. The van der Waals surface area contributed by atoms with Crippen LogP contribution in [0.25, 0.3) is 0 Å². The van der Waals surface area contributed by atoms with Gasteiger partial charge in [-0.3, -0.25) is 9.36 Å². The topological polar surface area (TPSA) is 82.1 Å². The first-order chi connectivity index (χ1) is 15.8. The van der Waals surface area contributed by atoms with Crippen LogP contribution >= 0.6 is 7.37 Å². The van der Waals surface area contributed by atoms with Gasteiger partial charge < -0.3 is 19.1 Å². The Morgan fingerprint density at radius 2 is 2.06 bits per heavy atom. The standard InChI is InChI=1S/C27H35O6P/c1-25(2,3)32-21(29)9-6-15-12-18(28)23-22-17(15)14-26-13-16(26)10-11-27(22)20(26)8-7-19(24(27)31-23)33-34(4,5)30/h7-8,12,16,19-20,24,28H,6,9-11,13-14H2,1-5H3/t16?,19-,20?,24-,26?,27-/m0/s1. The van der Waals surface area contributed by atoms with Gasteiger partial charge in [-0.15, -0.1) is 0 Å². The van der Waals surface area contributed by atoms with Crippen molar-refractivity contribution >= 4 is 13.3 Å². The van der Waals surface area contributed by atoms with Crippen molar-refractivity contribution < 1.29 is 28.5 Å². The van der Waals surface area contributed by atoms with Crippen LogP contribution in [0.2, 0.25) is 0 Å². The quantitative estimate of drug-likeness (QED) is 0.353. The van der Waals surface area contributed by atoms with Crippen molar-refractivity contribution in [3.8, 4) is 11.5 Å². The second kappa shape index (κ2) is 6.91. The van der Waals surface area contributed by atoms with E-state index in [0.717, 1.165) is 30.4 Å². The minimum Gasteiger partial charge on any atom is -0.504 e. The third-order valence-corrected chi connectivity index (χ3v) is 9.48. The van der Waals surface area contributed by atoms with E-state index in [1.165, 1.54) is 12.0 Å². The predicted octanol–water partition coefficient (Wildman–Crippen LogP) is 5.13. The first-order valence-electron chi connectivity index (χ1n) is 12.5. The van der Waals surface area contributed by atoms with Crippen LogP contribution in [-0.2, 0) is 36.9 Å². The number of rotatable bonds is 5. The first kappa shape index (κ1) is 22.7. The summed E-state index contributed by atoms with van der Waals surface area (Å²) in [7, 11) is -2.74. The predicted molar refractivity (Wildman–Crippen MR) is 129 cm³/mol. The summed E-state index contributed by atoms with van der Waals surface area (Å²) in [6.45, 7) is 8.91. The number of ether oxygens (including phenoxy) is 2. The van der Waals surface area contributed by atoms with Crippen molar-refractivity contribution in [2.75, 3.05) is 13.3 Å². The third kappa shape index (κ3) is 3.17. The third-order valence-electron chi connectivity index (χ3n) is 8.73. The SMILES string of the molecule is CC(C)(C)OC(=O)CCc1cc(O)c2c3c1CC14CC1CC[C@]31C4C=C[C@H](OP(C)(C)=O)[C@@H]1O2. The molecule has 4 aliphatic carbocycles. The van der Waals surface area contributed by atoms with E-state index in [2.05, 4.69) is 12.2 Å². The highest BCUT2D eigenvalue weighted by Crippen LogP contribution is 2.78. The molecule has 1 N–H and O–H groups in total. The van der Waals surface area contributed by atoms with E-state index in [-0.39, 0.29) is 35.1 Å². The van der Waals surface area contributed by atoms with Gasteiger partial charge in [0, 0.05) is 30.7 Å². The average molecular weight is 487 g/mol. The molecular weight excluding hydrogens is 451 g/mol. The summed E-state index contributed by atoms with van der Waals surface area (Å²) in [5, 5.41) is 11.1. The average Bonchev–Trinajstić information content (AvgIpc) is 3.28. The van der Waals surface area contributed by atoms with E-state index in [1.54, 1.807) is 19.4 Å². The largest absolute Gasteiger partial charge is 0.504 e. The number of carbonyl (C=O) groups is 1. The lowest BCUT2D eigenvalue weighted by Gasteiger charge is -2.54. The Kier molecular flexibility index (Phi) is 4.61. The maximum absolute atomic E-state index is 12.6. The second-order valence-corrected chi connectivity index (χ2v) is 15.2. The maximum Gasteiger partial charge on any atom is 0.306 e. The van der Waals surface area contributed by atoms with Crippen LogP contribution in [0, 0.1) is 17.3 Å². The number of benzene rings is 1. The molecule has 0 radical (unpaired) electrons. The fraction of sp³-hybridized carbons (Fsp3) is 0.667. The summed E-state index contributed by atoms with van der Waals surface area (Å²) in [6.07, 6.45) is 8.77. The highest BCUT2D eigenvalue weighted by Gasteiger charge is 2.75. The summed E-state index contributed by atoms with van der Waals surface area (Å²) >= 11 is 0. The maximum atomic E-state index is 12.6. The Hall–Kier alpha value is -1.78. The zero-order valence-electron chi connectivity index (χ0n) is 20.7. The van der Waals surface area contributed by atoms with Crippen LogP contribution in [0.3, 0.4) is 0 Å². The smallest absolute Gasteiger partial charge is 0.306 e. The van der Waals surface area contributed by atoms with E-state index in [1.807, 2.05) is 20.8 Å². The fourth-order valence-electron chi connectivity index (χ4n) is 7.72. The lowest BCUT2D eigenvalue weighted by atomic mass is 9.48. The molecule has 3 unspecified atom stereocenters. The molecule has 6 nitrogen and oxygen atoms in total. The Bertz CT molecular complexity index is 1160. The van der Waals surface area contributed by atoms with E-state index < -0.39 is 19.1 Å². The Balaban J connectivity index is 1.43. The zero-order valence-corrected chi connectivity index (χ0v) is 21.6. The molecule has 0 amide bonds. The van der Waals surface area contributed by atoms with Crippen molar-refractivity contribution in [2.24, 2.45) is 17.3 Å². The molecule has 2 saturated carbocycles. The van der Waals surface area contributed by atoms with Crippen LogP contribution in [0.5, 0.6) is 11.5 Å². The molecular formula is C27H35O6P. The number of aryl methyl sites for hydroxylation is 1. The second-order valence-electron chi connectivity index (χ2n) is 12.4. The molecule has 5 aliphatic rings. The van der Waals surface area contributed by atoms with Gasteiger partial charge in [-0.05, 0) is 87.3 Å². The molecule has 7 heteroatoms. The van der Waals surface area contributed by atoms with Crippen molar-refractivity contribution in [1.29, 1.82) is 0 Å². The van der Waals surface area contributed by atoms with Crippen LogP contribution in [0.15, 0.2) is 18.2 Å². The van der Waals surface area contributed by atoms with Crippen LogP contribution < -0.4 is 4.74 Å². The van der Waals surface area contributed by atoms with Gasteiger partial charge in [0.1, 0.15) is 17.8 Å². The Morgan fingerprint density at radius 1 is 1.29 bits per heavy atom. The highest BCUT2D eigenvalue weighted by atomic mass is 31.2. The molecule has 1 aromatic carbocycles. The lowest BCUT2D eigenvalue weighted by Crippen LogP contribution is -2.59. The van der Waals surface area contributed by atoms with Gasteiger partial charge in [-0.1, -0.05) is 12.2 Å². The van der Waals surface area contributed by atoms with Gasteiger partial charge in [-0.2, -0.15) is 0 Å². The van der Waals surface area contributed by atoms with Crippen molar-refractivity contribution in [3.05, 3.63) is 34.9 Å². The monoisotopic (exact) mass is 486 g/mol. The van der Waals surface area contributed by atoms with Gasteiger partial charge in [0.25, 0.3) is 0 Å². The van der Waals surface area contributed by atoms with E-state index in [4.69, 9.17) is 14.0 Å². The van der Waals surface area contributed by atoms with Gasteiger partial charge in [0.15, 0.2) is 18.9 Å². The lowest BCUT2D eigenvalue weighted by molar-refractivity contribution is -0.154. The molecule has 2 spiro atoms. The Labute approximate surface area is 201 Å². The molecule has 34 heavy (non-hydrogen) atoms. The molecule has 2 fully saturated rings. The Morgan fingerprint density at radius 3 is 2.76 bits per heavy atom. The van der Waals surface area contributed by atoms with Crippen LogP contribution in [0.4, 0.5) is 0 Å². The molecule has 1 aliphatic heterocycles. The minimum absolute atomic E-state index is 0.129. The number of aromatic hydroxyl groups is 1. The number of hydrogen-bond donors (Lipinski definition) is 1. The van der Waals surface area contributed by atoms with Crippen molar-refractivity contribution in [1.82, 2.24) is 0 Å². The number of allylic oxidation sites excluding steroid dienone is 1. The molecule has 1 heterocycles. The van der Waals surface area contributed by atoms with Gasteiger partial charge in [0.05, 0.1) is 0 Å². The molecule has 6 rings (SSSR count). The number of phenols is 1. The highest BCUT2D eigenvalue weighted by molar-refractivity contribution is 7.57. The van der Waals surface area contributed by atoms with Crippen LogP contribution in [0.1, 0.15) is 63.1 Å². The number of phenolic OH excluding ortho intramolecular Hbond substituents is 1. The molecule has 0 saturated heterocycles. The number of esters is 1. The summed E-state index contributed by atoms with van der Waals surface area (Å²) in [5.74, 6) is 1.52. The molecule has 1 aromatic rings.